The van der Waals surface area contributed by atoms with E-state index in [0.29, 0.717) is 18.7 Å². The number of methoxy groups -OCH3 is 1. The molecule has 1 atom stereocenters. The van der Waals surface area contributed by atoms with Gasteiger partial charge in [0.15, 0.2) is 0 Å². The highest BCUT2D eigenvalue weighted by Gasteiger charge is 2.21. The van der Waals surface area contributed by atoms with Crippen molar-refractivity contribution in [2.75, 3.05) is 25.2 Å². The Morgan fingerprint density at radius 3 is 2.43 bits per heavy atom. The summed E-state index contributed by atoms with van der Waals surface area (Å²) in [6, 6.07) is 5.03. The van der Waals surface area contributed by atoms with Gasteiger partial charge in [-0.3, -0.25) is 9.69 Å². The number of rotatable bonds is 7. The molecule has 0 aromatic heterocycles. The zero-order chi connectivity index (χ0) is 15.8. The van der Waals surface area contributed by atoms with Gasteiger partial charge < -0.3 is 20.3 Å². The van der Waals surface area contributed by atoms with E-state index in [4.69, 9.17) is 9.84 Å². The fourth-order valence-electron chi connectivity index (χ4n) is 1.76. The number of benzene rings is 1. The molecule has 0 spiro atoms. The summed E-state index contributed by atoms with van der Waals surface area (Å²) >= 11 is 0. The van der Waals surface area contributed by atoms with Gasteiger partial charge in [0.1, 0.15) is 12.3 Å². The van der Waals surface area contributed by atoms with E-state index < -0.39 is 18.5 Å². The number of carboxylic acid groups (broad SMARTS) is 1. The van der Waals surface area contributed by atoms with Gasteiger partial charge in [0, 0.05) is 12.8 Å². The van der Waals surface area contributed by atoms with Crippen LogP contribution >= 0.6 is 0 Å². The maximum absolute atomic E-state index is 12.2. The molecule has 0 heterocycles. The minimum absolute atomic E-state index is 0.0419. The molecule has 1 aromatic carbocycles. The van der Waals surface area contributed by atoms with Crippen LogP contribution in [-0.2, 0) is 9.53 Å². The van der Waals surface area contributed by atoms with E-state index in [1.807, 2.05) is 6.92 Å². The van der Waals surface area contributed by atoms with Gasteiger partial charge in [-0.25, -0.2) is 4.79 Å². The Morgan fingerprint density at radius 1 is 1.33 bits per heavy atom. The lowest BCUT2D eigenvalue weighted by atomic mass is 10.2. The molecule has 0 aliphatic rings. The minimum atomic E-state index is -1.13. The van der Waals surface area contributed by atoms with Crippen LogP contribution in [0.2, 0.25) is 0 Å². The number of phenolic OH excluding ortho intramolecular Hbond substituents is 1. The normalized spacial score (nSPS) is 11.7. The first-order chi connectivity index (χ1) is 9.97. The van der Waals surface area contributed by atoms with Crippen molar-refractivity contribution >= 4 is 17.7 Å². The van der Waals surface area contributed by atoms with Gasteiger partial charge in [-0.15, -0.1) is 0 Å². The van der Waals surface area contributed by atoms with Crippen molar-refractivity contribution in [3.8, 4) is 5.75 Å². The van der Waals surface area contributed by atoms with Crippen LogP contribution in [0.5, 0.6) is 5.75 Å². The van der Waals surface area contributed by atoms with Crippen LogP contribution in [0.15, 0.2) is 24.3 Å². The molecule has 116 valence electrons. The SMILES string of the molecule is CCC(COC)NC(=O)N(CC(=O)O)c1ccc(O)cc1. The molecule has 7 nitrogen and oxygen atoms in total. The van der Waals surface area contributed by atoms with Crippen molar-refractivity contribution in [1.82, 2.24) is 5.32 Å². The molecule has 1 unspecified atom stereocenters. The molecule has 1 aromatic rings. The highest BCUT2D eigenvalue weighted by Crippen LogP contribution is 2.18. The Hall–Kier alpha value is -2.28. The van der Waals surface area contributed by atoms with Gasteiger partial charge in [0.05, 0.1) is 12.6 Å². The van der Waals surface area contributed by atoms with E-state index in [2.05, 4.69) is 5.32 Å². The molecule has 7 heteroatoms. The lowest BCUT2D eigenvalue weighted by Crippen LogP contribution is -2.48. The number of carbonyl (C=O) groups excluding carboxylic acids is 1. The number of nitrogens with one attached hydrogen (secondary N) is 1. The van der Waals surface area contributed by atoms with Gasteiger partial charge in [-0.1, -0.05) is 6.92 Å². The second kappa shape index (κ2) is 8.11. The number of amides is 2. The van der Waals surface area contributed by atoms with Crippen molar-refractivity contribution in [2.24, 2.45) is 0 Å². The molecule has 1 rings (SSSR count). The summed E-state index contributed by atoms with van der Waals surface area (Å²) in [6.07, 6.45) is 0.663. The van der Waals surface area contributed by atoms with E-state index in [1.54, 1.807) is 0 Å². The number of hydrogen-bond acceptors (Lipinski definition) is 4. The Bertz CT molecular complexity index is 475. The van der Waals surface area contributed by atoms with E-state index >= 15 is 0 Å². The highest BCUT2D eigenvalue weighted by atomic mass is 16.5. The van der Waals surface area contributed by atoms with Crippen LogP contribution in [0.3, 0.4) is 0 Å². The van der Waals surface area contributed by atoms with Crippen molar-refractivity contribution in [1.29, 1.82) is 0 Å². The molecule has 0 aliphatic carbocycles. The molecular weight excluding hydrogens is 276 g/mol. The Labute approximate surface area is 123 Å². The first kappa shape index (κ1) is 16.8. The number of aliphatic carboxylic acids is 1. The number of ether oxygens (including phenoxy) is 1. The number of hydrogen-bond donors (Lipinski definition) is 3. The second-order valence-corrected chi connectivity index (χ2v) is 4.51. The third kappa shape index (κ3) is 5.31. The predicted molar refractivity (Wildman–Crippen MR) is 77.6 cm³/mol. The number of aromatic hydroxyl groups is 1. The molecule has 0 fully saturated rings. The summed E-state index contributed by atoms with van der Waals surface area (Å²) in [6.45, 7) is 1.77. The molecule has 0 saturated heterocycles. The predicted octanol–water partition coefficient (Wildman–Crippen LogP) is 1.42. The molecule has 0 aliphatic heterocycles. The van der Waals surface area contributed by atoms with Gasteiger partial charge in [0.25, 0.3) is 0 Å². The topological polar surface area (TPSA) is 99.1 Å². The quantitative estimate of drug-likeness (QED) is 0.706. The average molecular weight is 296 g/mol. The molecule has 3 N–H and O–H groups in total. The molecule has 2 amide bonds. The third-order valence-electron chi connectivity index (χ3n) is 2.89. The van der Waals surface area contributed by atoms with Crippen molar-refractivity contribution in [3.63, 3.8) is 0 Å². The Balaban J connectivity index is 2.88. The number of nitrogens with zero attached hydrogens (tertiary/aromatic N) is 1. The van der Waals surface area contributed by atoms with E-state index in [0.717, 1.165) is 4.90 Å². The summed E-state index contributed by atoms with van der Waals surface area (Å²) in [7, 11) is 1.53. The maximum atomic E-state index is 12.2. The first-order valence-electron chi connectivity index (χ1n) is 6.55. The van der Waals surface area contributed by atoms with Gasteiger partial charge in [-0.2, -0.15) is 0 Å². The average Bonchev–Trinajstić information content (AvgIpc) is 2.45. The minimum Gasteiger partial charge on any atom is -0.508 e. The molecule has 0 saturated carbocycles. The van der Waals surface area contributed by atoms with Crippen LogP contribution in [0.4, 0.5) is 10.5 Å². The van der Waals surface area contributed by atoms with Crippen molar-refractivity contribution in [3.05, 3.63) is 24.3 Å². The Morgan fingerprint density at radius 2 is 1.95 bits per heavy atom. The summed E-state index contributed by atoms with van der Waals surface area (Å²) < 4.78 is 5.00. The molecule has 0 radical (unpaired) electrons. The standard InChI is InChI=1S/C14H20N2O5/c1-3-10(9-21-2)15-14(20)16(8-13(18)19)11-4-6-12(17)7-5-11/h4-7,10,17H,3,8-9H2,1-2H3,(H,15,20)(H,18,19). The first-order valence-corrected chi connectivity index (χ1v) is 6.55. The largest absolute Gasteiger partial charge is 0.508 e. The van der Waals surface area contributed by atoms with E-state index in [1.165, 1.54) is 31.4 Å². The number of carboxylic acids is 1. The molecule has 21 heavy (non-hydrogen) atoms. The summed E-state index contributed by atoms with van der Waals surface area (Å²) in [5.41, 5.74) is 0.389. The van der Waals surface area contributed by atoms with Crippen LogP contribution in [0, 0.1) is 0 Å². The van der Waals surface area contributed by atoms with E-state index in [9.17, 15) is 14.7 Å². The van der Waals surface area contributed by atoms with E-state index in [-0.39, 0.29) is 11.8 Å². The summed E-state index contributed by atoms with van der Waals surface area (Å²) in [5, 5.41) is 20.9. The van der Waals surface area contributed by atoms with Gasteiger partial charge in [-0.05, 0) is 30.7 Å². The summed E-state index contributed by atoms with van der Waals surface area (Å²) in [5.74, 6) is -1.08. The van der Waals surface area contributed by atoms with Crippen LogP contribution < -0.4 is 10.2 Å². The van der Waals surface area contributed by atoms with Crippen LogP contribution in [-0.4, -0.2) is 48.5 Å². The maximum Gasteiger partial charge on any atom is 0.323 e. The van der Waals surface area contributed by atoms with Gasteiger partial charge >= 0.3 is 12.0 Å². The zero-order valence-corrected chi connectivity index (χ0v) is 12.1. The third-order valence-corrected chi connectivity index (χ3v) is 2.89. The lowest BCUT2D eigenvalue weighted by Gasteiger charge is -2.24. The second-order valence-electron chi connectivity index (χ2n) is 4.51. The number of urea groups is 1. The Kier molecular flexibility index (Phi) is 6.48. The molecule has 0 bridgehead atoms. The highest BCUT2D eigenvalue weighted by molar-refractivity contribution is 5.96. The van der Waals surface area contributed by atoms with Crippen LogP contribution in [0.25, 0.3) is 0 Å². The number of phenols is 1. The number of anilines is 1. The van der Waals surface area contributed by atoms with Crippen LogP contribution in [0.1, 0.15) is 13.3 Å². The smallest absolute Gasteiger partial charge is 0.323 e. The monoisotopic (exact) mass is 296 g/mol. The summed E-state index contributed by atoms with van der Waals surface area (Å²) in [4.78, 5) is 24.3. The fourth-order valence-corrected chi connectivity index (χ4v) is 1.76. The van der Waals surface area contributed by atoms with Crippen molar-refractivity contribution < 1.29 is 24.5 Å². The zero-order valence-electron chi connectivity index (χ0n) is 12.1. The number of carbonyl (C=O) groups is 2. The van der Waals surface area contributed by atoms with Crippen molar-refractivity contribution in [2.45, 2.75) is 19.4 Å². The fraction of sp³-hybridized carbons (Fsp3) is 0.429. The molecular formula is C14H20N2O5. The van der Waals surface area contributed by atoms with Gasteiger partial charge in [0.2, 0.25) is 0 Å². The lowest BCUT2D eigenvalue weighted by molar-refractivity contribution is -0.135.